The fraction of sp³-hybridized carbons (Fsp3) is 0.500. The SMILES string of the molecule is CN(CCOCC1CC1)c1cc(Br)ccc1C(=O)O. The molecule has 0 aliphatic heterocycles. The zero-order valence-corrected chi connectivity index (χ0v) is 12.5. The fourth-order valence-corrected chi connectivity index (χ4v) is 2.21. The number of carbonyl (C=O) groups is 1. The molecule has 1 aromatic rings. The number of rotatable bonds is 7. The molecule has 0 spiro atoms. The van der Waals surface area contributed by atoms with Gasteiger partial charge in [0, 0.05) is 24.7 Å². The van der Waals surface area contributed by atoms with Crippen LogP contribution < -0.4 is 4.90 Å². The number of nitrogens with zero attached hydrogens (tertiary/aromatic N) is 1. The Hall–Kier alpha value is -1.07. The van der Waals surface area contributed by atoms with Gasteiger partial charge in [-0.1, -0.05) is 15.9 Å². The second kappa shape index (κ2) is 6.39. The molecule has 1 aromatic carbocycles. The van der Waals surface area contributed by atoms with Gasteiger partial charge in [-0.15, -0.1) is 0 Å². The minimum absolute atomic E-state index is 0.313. The molecule has 0 aromatic heterocycles. The van der Waals surface area contributed by atoms with Gasteiger partial charge in [-0.05, 0) is 37.0 Å². The highest BCUT2D eigenvalue weighted by atomic mass is 79.9. The monoisotopic (exact) mass is 327 g/mol. The van der Waals surface area contributed by atoms with Crippen molar-refractivity contribution in [1.82, 2.24) is 0 Å². The number of likely N-dealkylation sites (N-methyl/N-ethyl adjacent to an activating group) is 1. The van der Waals surface area contributed by atoms with E-state index in [1.165, 1.54) is 12.8 Å². The number of benzene rings is 1. The summed E-state index contributed by atoms with van der Waals surface area (Å²) in [6.45, 7) is 2.14. The summed E-state index contributed by atoms with van der Waals surface area (Å²) < 4.78 is 6.45. The molecule has 0 amide bonds. The van der Waals surface area contributed by atoms with E-state index in [0.717, 1.165) is 17.0 Å². The number of hydrogen-bond donors (Lipinski definition) is 1. The van der Waals surface area contributed by atoms with E-state index >= 15 is 0 Å². The lowest BCUT2D eigenvalue weighted by Gasteiger charge is -2.21. The molecule has 0 radical (unpaired) electrons. The van der Waals surface area contributed by atoms with E-state index in [-0.39, 0.29) is 0 Å². The predicted molar refractivity (Wildman–Crippen MR) is 77.9 cm³/mol. The van der Waals surface area contributed by atoms with E-state index < -0.39 is 5.97 Å². The smallest absolute Gasteiger partial charge is 0.337 e. The van der Waals surface area contributed by atoms with Crippen molar-refractivity contribution >= 4 is 27.6 Å². The zero-order chi connectivity index (χ0) is 13.8. The quantitative estimate of drug-likeness (QED) is 0.782. The lowest BCUT2D eigenvalue weighted by atomic mass is 10.1. The maximum Gasteiger partial charge on any atom is 0.337 e. The molecule has 1 N–H and O–H groups in total. The first-order valence-electron chi connectivity index (χ1n) is 6.39. The summed E-state index contributed by atoms with van der Waals surface area (Å²) in [5, 5.41) is 9.18. The molecule has 5 heteroatoms. The normalized spacial score (nSPS) is 14.4. The summed E-state index contributed by atoms with van der Waals surface area (Å²) in [6, 6.07) is 5.18. The first-order chi connectivity index (χ1) is 9.08. The summed E-state index contributed by atoms with van der Waals surface area (Å²) >= 11 is 3.37. The third-order valence-corrected chi connectivity index (χ3v) is 3.72. The van der Waals surface area contributed by atoms with E-state index in [4.69, 9.17) is 4.74 Å². The van der Waals surface area contributed by atoms with Gasteiger partial charge in [0.2, 0.25) is 0 Å². The van der Waals surface area contributed by atoms with Crippen molar-refractivity contribution in [2.45, 2.75) is 12.8 Å². The minimum Gasteiger partial charge on any atom is -0.478 e. The van der Waals surface area contributed by atoms with Crippen LogP contribution in [0.1, 0.15) is 23.2 Å². The summed E-state index contributed by atoms with van der Waals surface area (Å²) in [5.74, 6) is -0.154. The molecule has 0 bridgehead atoms. The Morgan fingerprint density at radius 1 is 1.53 bits per heavy atom. The van der Waals surface area contributed by atoms with E-state index in [1.807, 2.05) is 18.0 Å². The highest BCUT2D eigenvalue weighted by Gasteiger charge is 2.21. The van der Waals surface area contributed by atoms with Crippen LogP contribution in [0.5, 0.6) is 0 Å². The third-order valence-electron chi connectivity index (χ3n) is 3.22. The molecule has 0 heterocycles. The highest BCUT2D eigenvalue weighted by Crippen LogP contribution is 2.29. The van der Waals surface area contributed by atoms with Crippen molar-refractivity contribution in [3.05, 3.63) is 28.2 Å². The maximum absolute atomic E-state index is 11.2. The molecular formula is C14H18BrNO3. The van der Waals surface area contributed by atoms with Gasteiger partial charge in [-0.3, -0.25) is 0 Å². The second-order valence-corrected chi connectivity index (χ2v) is 5.82. The molecule has 104 valence electrons. The minimum atomic E-state index is -0.909. The van der Waals surface area contributed by atoms with E-state index in [1.54, 1.807) is 12.1 Å². The molecule has 1 saturated carbocycles. The Morgan fingerprint density at radius 3 is 2.89 bits per heavy atom. The standard InChI is InChI=1S/C14H18BrNO3/c1-16(6-7-19-9-10-2-3-10)13-8-11(15)4-5-12(13)14(17)18/h4-5,8,10H,2-3,6-7,9H2,1H3,(H,17,18). The van der Waals surface area contributed by atoms with Gasteiger partial charge in [0.05, 0.1) is 17.9 Å². The van der Waals surface area contributed by atoms with Crippen molar-refractivity contribution in [2.24, 2.45) is 5.92 Å². The number of carboxylic acids is 1. The average Bonchev–Trinajstić information content (AvgIpc) is 3.18. The van der Waals surface area contributed by atoms with Crippen molar-refractivity contribution in [3.8, 4) is 0 Å². The molecule has 2 rings (SSSR count). The molecule has 0 saturated heterocycles. The lowest BCUT2D eigenvalue weighted by Crippen LogP contribution is -2.24. The lowest BCUT2D eigenvalue weighted by molar-refractivity contribution is 0.0697. The van der Waals surface area contributed by atoms with Gasteiger partial charge in [-0.2, -0.15) is 0 Å². The van der Waals surface area contributed by atoms with Gasteiger partial charge in [0.15, 0.2) is 0 Å². The number of anilines is 1. The Labute approximate surface area is 121 Å². The second-order valence-electron chi connectivity index (χ2n) is 4.91. The summed E-state index contributed by atoms with van der Waals surface area (Å²) in [6.07, 6.45) is 2.56. The van der Waals surface area contributed by atoms with E-state index in [2.05, 4.69) is 15.9 Å². The first-order valence-corrected chi connectivity index (χ1v) is 7.19. The zero-order valence-electron chi connectivity index (χ0n) is 10.9. The molecule has 1 aliphatic carbocycles. The van der Waals surface area contributed by atoms with Crippen LogP contribution in [0, 0.1) is 5.92 Å². The fourth-order valence-electron chi connectivity index (χ4n) is 1.86. The summed E-state index contributed by atoms with van der Waals surface area (Å²) in [5.41, 5.74) is 1.02. The Morgan fingerprint density at radius 2 is 2.26 bits per heavy atom. The molecule has 1 fully saturated rings. The molecule has 1 aliphatic rings. The van der Waals surface area contributed by atoms with Crippen LogP contribution in [-0.2, 0) is 4.74 Å². The van der Waals surface area contributed by atoms with Crippen molar-refractivity contribution in [3.63, 3.8) is 0 Å². The average molecular weight is 328 g/mol. The Kier molecular flexibility index (Phi) is 4.82. The van der Waals surface area contributed by atoms with Gasteiger partial charge >= 0.3 is 5.97 Å². The Bertz CT molecular complexity index is 460. The third kappa shape index (κ3) is 4.21. The number of carboxylic acid groups (broad SMARTS) is 1. The van der Waals surface area contributed by atoms with E-state index in [0.29, 0.717) is 24.4 Å². The van der Waals surface area contributed by atoms with Crippen LogP contribution in [-0.4, -0.2) is 37.9 Å². The highest BCUT2D eigenvalue weighted by molar-refractivity contribution is 9.10. The van der Waals surface area contributed by atoms with Crippen LogP contribution in [0.3, 0.4) is 0 Å². The maximum atomic E-state index is 11.2. The first kappa shape index (κ1) is 14.3. The van der Waals surface area contributed by atoms with Gasteiger partial charge in [0.25, 0.3) is 0 Å². The van der Waals surface area contributed by atoms with Crippen LogP contribution in [0.2, 0.25) is 0 Å². The van der Waals surface area contributed by atoms with Crippen LogP contribution >= 0.6 is 15.9 Å². The Balaban J connectivity index is 1.93. The van der Waals surface area contributed by atoms with Crippen LogP contribution in [0.25, 0.3) is 0 Å². The van der Waals surface area contributed by atoms with Crippen molar-refractivity contribution in [1.29, 1.82) is 0 Å². The van der Waals surface area contributed by atoms with Crippen molar-refractivity contribution < 1.29 is 14.6 Å². The molecular weight excluding hydrogens is 310 g/mol. The predicted octanol–water partition coefficient (Wildman–Crippen LogP) is 3.01. The number of hydrogen-bond acceptors (Lipinski definition) is 3. The summed E-state index contributed by atoms with van der Waals surface area (Å²) in [7, 11) is 1.88. The van der Waals surface area contributed by atoms with Gasteiger partial charge in [0.1, 0.15) is 0 Å². The topological polar surface area (TPSA) is 49.8 Å². The van der Waals surface area contributed by atoms with Gasteiger partial charge in [-0.25, -0.2) is 4.79 Å². The van der Waals surface area contributed by atoms with Gasteiger partial charge < -0.3 is 14.7 Å². The van der Waals surface area contributed by atoms with Crippen molar-refractivity contribution in [2.75, 3.05) is 31.7 Å². The summed E-state index contributed by atoms with van der Waals surface area (Å²) in [4.78, 5) is 13.1. The van der Waals surface area contributed by atoms with E-state index in [9.17, 15) is 9.90 Å². The number of halogens is 1. The largest absolute Gasteiger partial charge is 0.478 e. The van der Waals surface area contributed by atoms with Crippen LogP contribution in [0.4, 0.5) is 5.69 Å². The molecule has 4 nitrogen and oxygen atoms in total. The molecule has 0 unspecified atom stereocenters. The molecule has 0 atom stereocenters. The number of ether oxygens (including phenoxy) is 1. The number of aromatic carboxylic acids is 1. The molecule has 19 heavy (non-hydrogen) atoms. The van der Waals surface area contributed by atoms with Crippen LogP contribution in [0.15, 0.2) is 22.7 Å².